The molecule has 192 valence electrons. The lowest BCUT2D eigenvalue weighted by Crippen LogP contribution is -2.37. The van der Waals surface area contributed by atoms with Gasteiger partial charge in [-0.3, -0.25) is 9.59 Å². The van der Waals surface area contributed by atoms with Crippen LogP contribution in [0.2, 0.25) is 10.0 Å². The molecule has 1 aliphatic heterocycles. The number of carbonyl (C=O) groups is 2. The molecule has 37 heavy (non-hydrogen) atoms. The first-order chi connectivity index (χ1) is 17.9. The third kappa shape index (κ3) is 6.95. The molecule has 7 nitrogen and oxygen atoms in total. The van der Waals surface area contributed by atoms with E-state index < -0.39 is 17.7 Å². The van der Waals surface area contributed by atoms with Crippen LogP contribution in [0.5, 0.6) is 0 Å². The summed E-state index contributed by atoms with van der Waals surface area (Å²) < 4.78 is 5.53. The molecule has 1 aliphatic rings. The van der Waals surface area contributed by atoms with Gasteiger partial charge in [-0.25, -0.2) is 9.97 Å². The number of anilines is 2. The Morgan fingerprint density at radius 1 is 1.03 bits per heavy atom. The first-order valence-corrected chi connectivity index (χ1v) is 12.8. The largest absolute Gasteiger partial charge is 0.481 e. The highest BCUT2D eigenvalue weighted by Crippen LogP contribution is 2.30. The first-order valence-electron chi connectivity index (χ1n) is 12.0. The molecular weight excluding hydrogens is 513 g/mol. The second-order valence-corrected chi connectivity index (χ2v) is 9.57. The molecule has 3 aromatic rings. The standard InChI is InChI=1S/C28H27Cl2N3O4/c29-23-6-2-7-24(30)26(23)25(34)18-20(27(35)36)5-1-4-19-8-10-21(11-9-19)33(22-12-16-37-17-13-22)28-31-14-3-15-32-28/h1-4,6-11,14-15,20,22H,5,12-13,16-18H2,(H,35,36)/b4-1+. The summed E-state index contributed by atoms with van der Waals surface area (Å²) in [6.07, 6.45) is 8.85. The van der Waals surface area contributed by atoms with Crippen LogP contribution in [0, 0.1) is 5.92 Å². The molecule has 0 spiro atoms. The summed E-state index contributed by atoms with van der Waals surface area (Å²) >= 11 is 12.2. The third-order valence-corrected chi connectivity index (χ3v) is 6.88. The molecule has 1 aromatic heterocycles. The number of hydrogen-bond donors (Lipinski definition) is 1. The van der Waals surface area contributed by atoms with Gasteiger partial charge in [0.15, 0.2) is 5.78 Å². The predicted molar refractivity (Wildman–Crippen MR) is 145 cm³/mol. The molecule has 0 bridgehead atoms. The molecule has 1 fully saturated rings. The van der Waals surface area contributed by atoms with E-state index >= 15 is 0 Å². The van der Waals surface area contributed by atoms with E-state index in [1.165, 1.54) is 0 Å². The fourth-order valence-corrected chi connectivity index (χ4v) is 4.93. The second-order valence-electron chi connectivity index (χ2n) is 8.75. The van der Waals surface area contributed by atoms with Crippen LogP contribution in [0.3, 0.4) is 0 Å². The molecule has 0 radical (unpaired) electrons. The minimum absolute atomic E-state index is 0.160. The lowest BCUT2D eigenvalue weighted by atomic mass is 9.95. The average Bonchev–Trinajstić information content (AvgIpc) is 2.90. The van der Waals surface area contributed by atoms with Crippen molar-refractivity contribution in [1.29, 1.82) is 0 Å². The molecule has 9 heteroatoms. The van der Waals surface area contributed by atoms with Crippen molar-refractivity contribution in [1.82, 2.24) is 9.97 Å². The van der Waals surface area contributed by atoms with Gasteiger partial charge in [0, 0.05) is 43.8 Å². The molecule has 4 rings (SSSR count). The number of aromatic nitrogens is 2. The zero-order chi connectivity index (χ0) is 26.2. The number of rotatable bonds is 10. The van der Waals surface area contributed by atoms with E-state index in [0.29, 0.717) is 19.2 Å². The fourth-order valence-electron chi connectivity index (χ4n) is 4.32. The topological polar surface area (TPSA) is 92.6 Å². The maximum absolute atomic E-state index is 12.7. The number of carboxylic acid groups (broad SMARTS) is 1. The Morgan fingerprint density at radius 3 is 2.30 bits per heavy atom. The van der Waals surface area contributed by atoms with E-state index in [4.69, 9.17) is 27.9 Å². The average molecular weight is 540 g/mol. The van der Waals surface area contributed by atoms with Crippen molar-refractivity contribution in [2.45, 2.75) is 31.7 Å². The van der Waals surface area contributed by atoms with E-state index in [9.17, 15) is 14.7 Å². The third-order valence-electron chi connectivity index (χ3n) is 6.25. The Hall–Kier alpha value is -3.26. The van der Waals surface area contributed by atoms with Crippen molar-refractivity contribution < 1.29 is 19.4 Å². The van der Waals surface area contributed by atoms with Crippen molar-refractivity contribution >= 4 is 52.7 Å². The number of ketones is 1. The zero-order valence-corrected chi connectivity index (χ0v) is 21.6. The normalized spacial score (nSPS) is 15.0. The number of Topliss-reactive ketones (excluding diaryl/α,β-unsaturated/α-hetero) is 1. The fraction of sp³-hybridized carbons (Fsp3) is 0.286. The molecule has 0 saturated carbocycles. The van der Waals surface area contributed by atoms with E-state index in [1.807, 2.05) is 30.3 Å². The van der Waals surface area contributed by atoms with Gasteiger partial charge in [-0.1, -0.05) is 53.6 Å². The minimum Gasteiger partial charge on any atom is -0.481 e. The number of aliphatic carboxylic acids is 1. The first kappa shape index (κ1) is 26.8. The van der Waals surface area contributed by atoms with Gasteiger partial charge >= 0.3 is 5.97 Å². The highest BCUT2D eigenvalue weighted by atomic mass is 35.5. The summed E-state index contributed by atoms with van der Waals surface area (Å²) in [7, 11) is 0. The zero-order valence-electron chi connectivity index (χ0n) is 20.1. The van der Waals surface area contributed by atoms with Gasteiger partial charge in [-0.05, 0) is 55.2 Å². The van der Waals surface area contributed by atoms with Crippen LogP contribution in [-0.2, 0) is 9.53 Å². The lowest BCUT2D eigenvalue weighted by molar-refractivity contribution is -0.141. The van der Waals surface area contributed by atoms with Gasteiger partial charge < -0.3 is 14.7 Å². The second kappa shape index (κ2) is 12.8. The van der Waals surface area contributed by atoms with Crippen LogP contribution in [0.25, 0.3) is 6.08 Å². The molecule has 2 aromatic carbocycles. The van der Waals surface area contributed by atoms with Gasteiger partial charge in [-0.15, -0.1) is 0 Å². The summed E-state index contributed by atoms with van der Waals surface area (Å²) in [6.45, 7) is 1.40. The SMILES string of the molecule is O=C(CC(C/C=C/c1ccc(N(c2ncccn2)C2CCOCC2)cc1)C(=O)O)c1c(Cl)cccc1Cl. The van der Waals surface area contributed by atoms with Gasteiger partial charge in [0.1, 0.15) is 0 Å². The van der Waals surface area contributed by atoms with Crippen molar-refractivity contribution in [2.75, 3.05) is 18.1 Å². The quantitative estimate of drug-likeness (QED) is 0.294. The molecule has 0 aliphatic carbocycles. The Balaban J connectivity index is 1.44. The number of carbonyl (C=O) groups excluding carboxylic acids is 1. The maximum Gasteiger partial charge on any atom is 0.307 e. The van der Waals surface area contributed by atoms with Crippen molar-refractivity contribution in [3.05, 3.63) is 88.2 Å². The highest BCUT2D eigenvalue weighted by molar-refractivity contribution is 6.39. The molecule has 2 heterocycles. The van der Waals surface area contributed by atoms with Gasteiger partial charge in [0.25, 0.3) is 0 Å². The van der Waals surface area contributed by atoms with E-state index in [0.717, 1.165) is 24.1 Å². The Bertz CT molecular complexity index is 1230. The summed E-state index contributed by atoms with van der Waals surface area (Å²) in [5.41, 5.74) is 2.04. The van der Waals surface area contributed by atoms with Crippen molar-refractivity contribution in [3.63, 3.8) is 0 Å². The lowest BCUT2D eigenvalue weighted by Gasteiger charge is -2.34. The number of hydrogen-bond acceptors (Lipinski definition) is 6. The number of halogens is 2. The smallest absolute Gasteiger partial charge is 0.307 e. The van der Waals surface area contributed by atoms with Crippen LogP contribution in [0.4, 0.5) is 11.6 Å². The Morgan fingerprint density at radius 2 is 1.68 bits per heavy atom. The number of nitrogens with zero attached hydrogens (tertiary/aromatic N) is 3. The summed E-state index contributed by atoms with van der Waals surface area (Å²) in [6, 6.07) is 14.7. The number of ether oxygens (including phenoxy) is 1. The van der Waals surface area contributed by atoms with Crippen LogP contribution < -0.4 is 4.90 Å². The van der Waals surface area contributed by atoms with E-state index in [1.54, 1.807) is 42.7 Å². The molecule has 1 N–H and O–H groups in total. The maximum atomic E-state index is 12.7. The van der Waals surface area contributed by atoms with Crippen LogP contribution in [-0.4, -0.2) is 46.1 Å². The number of carboxylic acids is 1. The number of allylic oxidation sites excluding steroid dienone is 1. The Labute approximate surface area is 225 Å². The molecule has 1 atom stereocenters. The van der Waals surface area contributed by atoms with Gasteiger partial charge in [0.2, 0.25) is 5.95 Å². The monoisotopic (exact) mass is 539 g/mol. The molecular formula is C28H27Cl2N3O4. The minimum atomic E-state index is -1.05. The highest BCUT2D eigenvalue weighted by Gasteiger charge is 2.26. The predicted octanol–water partition coefficient (Wildman–Crippen LogP) is 6.48. The summed E-state index contributed by atoms with van der Waals surface area (Å²) in [5, 5.41) is 10.1. The van der Waals surface area contributed by atoms with Crippen molar-refractivity contribution in [3.8, 4) is 0 Å². The van der Waals surface area contributed by atoms with E-state index in [-0.39, 0.29) is 34.5 Å². The van der Waals surface area contributed by atoms with Crippen LogP contribution in [0.1, 0.15) is 41.6 Å². The number of benzene rings is 2. The summed E-state index contributed by atoms with van der Waals surface area (Å²) in [4.78, 5) is 35.6. The van der Waals surface area contributed by atoms with Gasteiger partial charge in [-0.2, -0.15) is 0 Å². The molecule has 1 unspecified atom stereocenters. The molecule has 0 amide bonds. The van der Waals surface area contributed by atoms with Crippen LogP contribution >= 0.6 is 23.2 Å². The van der Waals surface area contributed by atoms with Crippen LogP contribution in [0.15, 0.2) is 67.0 Å². The van der Waals surface area contributed by atoms with Crippen molar-refractivity contribution in [2.24, 2.45) is 5.92 Å². The Kier molecular flexibility index (Phi) is 9.28. The summed E-state index contributed by atoms with van der Waals surface area (Å²) in [5.74, 6) is -1.69. The molecule has 1 saturated heterocycles. The van der Waals surface area contributed by atoms with E-state index in [2.05, 4.69) is 14.9 Å². The van der Waals surface area contributed by atoms with Gasteiger partial charge in [0.05, 0.1) is 21.5 Å².